The molecular weight excluding hydrogens is 407 g/mol. The van der Waals surface area contributed by atoms with Gasteiger partial charge in [0, 0.05) is 17.1 Å². The number of nitriles is 1. The predicted molar refractivity (Wildman–Crippen MR) is 109 cm³/mol. The molecule has 1 saturated carbocycles. The summed E-state index contributed by atoms with van der Waals surface area (Å²) in [5.74, 6) is -0.501. The normalized spacial score (nSPS) is 19.2. The third-order valence-electron chi connectivity index (χ3n) is 5.77. The first kappa shape index (κ1) is 20.7. The number of nitrogens with one attached hydrogen (secondary N) is 1. The zero-order valence-electron chi connectivity index (χ0n) is 16.5. The third-order valence-corrected chi connectivity index (χ3v) is 5.77. The molecular formula is C22H20F3N5O. The maximum atomic E-state index is 13.2. The van der Waals surface area contributed by atoms with Gasteiger partial charge in [0.15, 0.2) is 0 Å². The first-order chi connectivity index (χ1) is 14.8. The van der Waals surface area contributed by atoms with Crippen molar-refractivity contribution >= 4 is 22.5 Å². The molecule has 3 aromatic rings. The molecule has 0 radical (unpaired) electrons. The number of rotatable bonds is 4. The molecule has 6 nitrogen and oxygen atoms in total. The van der Waals surface area contributed by atoms with E-state index < -0.39 is 17.6 Å². The number of nitrogens with two attached hydrogens (primary N) is 1. The van der Waals surface area contributed by atoms with Crippen LogP contribution in [0.25, 0.3) is 10.9 Å². The van der Waals surface area contributed by atoms with Crippen LogP contribution in [0.15, 0.2) is 42.6 Å². The van der Waals surface area contributed by atoms with Crippen LogP contribution in [0.1, 0.15) is 53.2 Å². The Balaban J connectivity index is 1.47. The van der Waals surface area contributed by atoms with Crippen molar-refractivity contribution in [2.24, 2.45) is 5.73 Å². The van der Waals surface area contributed by atoms with Gasteiger partial charge in [-0.1, -0.05) is 6.07 Å². The lowest BCUT2D eigenvalue weighted by Crippen LogP contribution is -2.28. The highest BCUT2D eigenvalue weighted by Gasteiger charge is 2.34. The minimum atomic E-state index is -4.58. The first-order valence-electron chi connectivity index (χ1n) is 9.92. The fourth-order valence-corrected chi connectivity index (χ4v) is 4.24. The second-order valence-corrected chi connectivity index (χ2v) is 7.71. The van der Waals surface area contributed by atoms with Gasteiger partial charge in [-0.15, -0.1) is 0 Å². The fraction of sp³-hybridized carbons (Fsp3) is 0.318. The Hall–Kier alpha value is -3.54. The van der Waals surface area contributed by atoms with Crippen LogP contribution in [0.4, 0.5) is 18.9 Å². The maximum absolute atomic E-state index is 13.2. The summed E-state index contributed by atoms with van der Waals surface area (Å²) < 4.78 is 41.5. The summed E-state index contributed by atoms with van der Waals surface area (Å²) in [4.78, 5) is 11.6. The monoisotopic (exact) mass is 427 g/mol. The van der Waals surface area contributed by atoms with Crippen LogP contribution >= 0.6 is 0 Å². The second-order valence-electron chi connectivity index (χ2n) is 7.71. The standard InChI is InChI=1S/C22H20F3N5O/c23-22(24,25)19-10-15(5-4-13(19)11-26)29-14-6-8-16(9-7-14)30-20-3-1-2-17(21(27)31)18(20)12-28-30/h1-5,10,12,14,16,29H,6-9H2,(H2,27,31). The van der Waals surface area contributed by atoms with E-state index >= 15 is 0 Å². The molecule has 31 heavy (non-hydrogen) atoms. The molecule has 1 aromatic heterocycles. The molecule has 2 aromatic carbocycles. The molecule has 1 heterocycles. The Labute approximate surface area is 176 Å². The highest BCUT2D eigenvalue weighted by atomic mass is 19.4. The van der Waals surface area contributed by atoms with Crippen LogP contribution in [0.3, 0.4) is 0 Å². The molecule has 0 unspecified atom stereocenters. The summed E-state index contributed by atoms with van der Waals surface area (Å²) in [5, 5.41) is 17.3. The van der Waals surface area contributed by atoms with Crippen molar-refractivity contribution in [3.63, 3.8) is 0 Å². The number of halogens is 3. The number of carbonyl (C=O) groups excluding carboxylic acids is 1. The number of nitrogens with zero attached hydrogens (tertiary/aromatic N) is 3. The van der Waals surface area contributed by atoms with Crippen molar-refractivity contribution in [1.82, 2.24) is 9.78 Å². The molecule has 1 fully saturated rings. The number of alkyl halides is 3. The Bertz CT molecular complexity index is 1170. The van der Waals surface area contributed by atoms with Gasteiger partial charge in [-0.3, -0.25) is 9.48 Å². The van der Waals surface area contributed by atoms with Gasteiger partial charge in [0.25, 0.3) is 0 Å². The van der Waals surface area contributed by atoms with Gasteiger partial charge in [-0.05, 0) is 56.0 Å². The summed E-state index contributed by atoms with van der Waals surface area (Å²) in [6.07, 6.45) is 0.154. The van der Waals surface area contributed by atoms with Gasteiger partial charge in [-0.25, -0.2) is 0 Å². The van der Waals surface area contributed by atoms with Gasteiger partial charge in [-0.2, -0.15) is 23.5 Å². The Kier molecular flexibility index (Phi) is 5.31. The van der Waals surface area contributed by atoms with E-state index in [2.05, 4.69) is 10.4 Å². The Morgan fingerprint density at radius 2 is 1.94 bits per heavy atom. The Morgan fingerprint density at radius 3 is 2.58 bits per heavy atom. The molecule has 1 aliphatic rings. The van der Waals surface area contributed by atoms with Crippen LogP contribution in [-0.4, -0.2) is 21.7 Å². The quantitative estimate of drug-likeness (QED) is 0.635. The first-order valence-corrected chi connectivity index (χ1v) is 9.92. The van der Waals surface area contributed by atoms with E-state index in [0.717, 1.165) is 37.3 Å². The number of fused-ring (bicyclic) bond motifs is 1. The van der Waals surface area contributed by atoms with Crippen LogP contribution in [0, 0.1) is 11.3 Å². The van der Waals surface area contributed by atoms with E-state index in [4.69, 9.17) is 11.0 Å². The van der Waals surface area contributed by atoms with Crippen molar-refractivity contribution in [1.29, 1.82) is 5.26 Å². The topological polar surface area (TPSA) is 96.7 Å². The van der Waals surface area contributed by atoms with Gasteiger partial charge in [0.05, 0.1) is 40.5 Å². The van der Waals surface area contributed by atoms with Gasteiger partial charge < -0.3 is 11.1 Å². The highest BCUT2D eigenvalue weighted by Crippen LogP contribution is 2.36. The number of anilines is 1. The number of aromatic nitrogens is 2. The van der Waals surface area contributed by atoms with Crippen molar-refractivity contribution in [3.8, 4) is 6.07 Å². The average molecular weight is 427 g/mol. The molecule has 0 atom stereocenters. The molecule has 0 spiro atoms. The lowest BCUT2D eigenvalue weighted by Gasteiger charge is -2.30. The molecule has 9 heteroatoms. The molecule has 4 rings (SSSR count). The summed E-state index contributed by atoms with van der Waals surface area (Å²) in [6.45, 7) is 0. The predicted octanol–water partition coefficient (Wildman–Crippen LogP) is 4.62. The zero-order valence-corrected chi connectivity index (χ0v) is 16.5. The largest absolute Gasteiger partial charge is 0.417 e. The lowest BCUT2D eigenvalue weighted by molar-refractivity contribution is -0.137. The molecule has 1 aliphatic carbocycles. The van der Waals surface area contributed by atoms with Crippen molar-refractivity contribution < 1.29 is 18.0 Å². The van der Waals surface area contributed by atoms with Gasteiger partial charge in [0.1, 0.15) is 0 Å². The van der Waals surface area contributed by atoms with Crippen LogP contribution < -0.4 is 11.1 Å². The Morgan fingerprint density at radius 1 is 1.19 bits per heavy atom. The molecule has 0 bridgehead atoms. The van der Waals surface area contributed by atoms with Crippen LogP contribution in [-0.2, 0) is 6.18 Å². The number of hydrogen-bond donors (Lipinski definition) is 2. The van der Waals surface area contributed by atoms with Gasteiger partial charge in [0.2, 0.25) is 5.91 Å². The SMILES string of the molecule is N#Cc1ccc(NC2CCC(n3ncc4c(C(N)=O)cccc43)CC2)cc1C(F)(F)F. The smallest absolute Gasteiger partial charge is 0.382 e. The number of benzene rings is 2. The lowest BCUT2D eigenvalue weighted by atomic mass is 9.90. The highest BCUT2D eigenvalue weighted by molar-refractivity contribution is 6.05. The van der Waals surface area contributed by atoms with Crippen LogP contribution in [0.2, 0.25) is 0 Å². The molecule has 160 valence electrons. The summed E-state index contributed by atoms with van der Waals surface area (Å²) in [6, 6.07) is 10.8. The van der Waals surface area contributed by atoms with Crippen molar-refractivity contribution in [3.05, 3.63) is 59.3 Å². The van der Waals surface area contributed by atoms with E-state index in [-0.39, 0.29) is 17.6 Å². The summed E-state index contributed by atoms with van der Waals surface area (Å²) in [7, 11) is 0. The zero-order chi connectivity index (χ0) is 22.2. The molecule has 3 N–H and O–H groups in total. The van der Waals surface area contributed by atoms with E-state index in [1.165, 1.54) is 12.1 Å². The number of carbonyl (C=O) groups is 1. The van der Waals surface area contributed by atoms with E-state index in [1.54, 1.807) is 24.4 Å². The second kappa shape index (κ2) is 7.95. The number of amides is 1. The van der Waals surface area contributed by atoms with Crippen molar-refractivity contribution in [2.75, 3.05) is 5.32 Å². The minimum Gasteiger partial charge on any atom is -0.382 e. The average Bonchev–Trinajstić information content (AvgIpc) is 3.17. The van der Waals surface area contributed by atoms with Gasteiger partial charge >= 0.3 is 6.18 Å². The minimum absolute atomic E-state index is 0.0216. The fourth-order valence-electron chi connectivity index (χ4n) is 4.24. The van der Waals surface area contributed by atoms with E-state index in [0.29, 0.717) is 16.6 Å². The summed E-state index contributed by atoms with van der Waals surface area (Å²) >= 11 is 0. The van der Waals surface area contributed by atoms with Crippen LogP contribution in [0.5, 0.6) is 0 Å². The van der Waals surface area contributed by atoms with E-state index in [9.17, 15) is 18.0 Å². The molecule has 0 aliphatic heterocycles. The number of primary amides is 1. The third kappa shape index (κ3) is 4.06. The maximum Gasteiger partial charge on any atom is 0.417 e. The van der Waals surface area contributed by atoms with E-state index in [1.807, 2.05) is 10.7 Å². The summed E-state index contributed by atoms with van der Waals surface area (Å²) in [5.41, 5.74) is 5.75. The number of hydrogen-bond acceptors (Lipinski definition) is 4. The molecule has 0 saturated heterocycles. The molecule has 1 amide bonds. The van der Waals surface area contributed by atoms with Crippen molar-refractivity contribution in [2.45, 2.75) is 43.9 Å².